The molecule has 0 heterocycles. The summed E-state index contributed by atoms with van der Waals surface area (Å²) in [6.07, 6.45) is 0.259. The molecule has 0 aliphatic heterocycles. The van der Waals surface area contributed by atoms with Crippen LogP contribution in [-0.2, 0) is 4.79 Å². The normalized spacial score (nSPS) is 10.1. The second-order valence-electron chi connectivity index (χ2n) is 4.30. The Labute approximate surface area is 120 Å². The molecule has 102 valence electrons. The van der Waals surface area contributed by atoms with E-state index >= 15 is 0 Å². The summed E-state index contributed by atoms with van der Waals surface area (Å²) in [7, 11) is 0. The zero-order chi connectivity index (χ0) is 14.4. The molecule has 0 radical (unpaired) electrons. The summed E-state index contributed by atoms with van der Waals surface area (Å²) in [5, 5.41) is 14.3. The van der Waals surface area contributed by atoms with E-state index in [0.29, 0.717) is 6.54 Å². The second-order valence-corrected chi connectivity index (χ2v) is 5.09. The van der Waals surface area contributed by atoms with Gasteiger partial charge in [0.05, 0.1) is 15.7 Å². The molecule has 0 bridgehead atoms. The molecule has 1 amide bonds. The van der Waals surface area contributed by atoms with Crippen LogP contribution in [0.3, 0.4) is 0 Å². The minimum atomic E-state index is -0.525. The van der Waals surface area contributed by atoms with Crippen molar-refractivity contribution >= 4 is 27.5 Å². The third-order valence-corrected chi connectivity index (χ3v) is 3.10. The Morgan fingerprint density at radius 1 is 1.53 bits per heavy atom. The Balaban J connectivity index is 2.58. The van der Waals surface area contributed by atoms with Crippen LogP contribution in [-0.4, -0.2) is 18.5 Å². The molecular weight excluding hydrogens is 313 g/mol. The Morgan fingerprint density at radius 3 is 2.79 bits per heavy atom. The summed E-state index contributed by atoms with van der Waals surface area (Å²) in [4.78, 5) is 11.4. The summed E-state index contributed by atoms with van der Waals surface area (Å²) < 4.78 is 14.0. The number of anilines is 1. The Morgan fingerprint density at radius 2 is 2.21 bits per heavy atom. The lowest BCUT2D eigenvalue weighted by atomic mass is 10.2. The van der Waals surface area contributed by atoms with Crippen LogP contribution < -0.4 is 10.6 Å². The van der Waals surface area contributed by atoms with Gasteiger partial charge in [-0.3, -0.25) is 4.79 Å². The zero-order valence-electron chi connectivity index (χ0n) is 10.8. The van der Waals surface area contributed by atoms with Crippen molar-refractivity contribution in [3.8, 4) is 6.07 Å². The fraction of sp³-hybridized carbons (Fsp3) is 0.385. The second kappa shape index (κ2) is 7.10. The number of amides is 1. The first-order valence-corrected chi connectivity index (χ1v) is 6.66. The van der Waals surface area contributed by atoms with Gasteiger partial charge in [0, 0.05) is 19.0 Å². The smallest absolute Gasteiger partial charge is 0.221 e. The fourth-order valence-corrected chi connectivity index (χ4v) is 1.91. The highest BCUT2D eigenvalue weighted by Gasteiger charge is 2.11. The molecule has 1 aromatic rings. The van der Waals surface area contributed by atoms with Gasteiger partial charge >= 0.3 is 0 Å². The third-order valence-electron chi connectivity index (χ3n) is 2.32. The van der Waals surface area contributed by atoms with Crippen LogP contribution in [0.2, 0.25) is 0 Å². The minimum Gasteiger partial charge on any atom is -0.382 e. The van der Waals surface area contributed by atoms with Crippen LogP contribution in [0.25, 0.3) is 0 Å². The molecule has 0 spiro atoms. The van der Waals surface area contributed by atoms with E-state index in [1.165, 1.54) is 12.1 Å². The topological polar surface area (TPSA) is 64.9 Å². The molecule has 4 nitrogen and oxygen atoms in total. The standard InChI is InChI=1S/C13H15BrFN3O/c1-8(2)18-11(19)5-6-17-10-4-3-9(7-16)12(14)13(10)15/h3-4,8,17H,5-6H2,1-2H3,(H,18,19). The number of hydrogen-bond acceptors (Lipinski definition) is 3. The molecule has 0 fully saturated rings. The van der Waals surface area contributed by atoms with Crippen LogP contribution in [0.5, 0.6) is 0 Å². The molecule has 6 heteroatoms. The molecule has 1 rings (SSSR count). The first-order valence-electron chi connectivity index (χ1n) is 5.87. The summed E-state index contributed by atoms with van der Waals surface area (Å²) >= 11 is 3.03. The van der Waals surface area contributed by atoms with Gasteiger partial charge in [-0.05, 0) is 41.9 Å². The average Bonchev–Trinajstić information content (AvgIpc) is 2.34. The van der Waals surface area contributed by atoms with Crippen molar-refractivity contribution < 1.29 is 9.18 Å². The number of nitrogens with zero attached hydrogens (tertiary/aromatic N) is 1. The van der Waals surface area contributed by atoms with E-state index in [1.807, 2.05) is 19.9 Å². The van der Waals surface area contributed by atoms with Gasteiger partial charge in [0.2, 0.25) is 5.91 Å². The van der Waals surface area contributed by atoms with E-state index < -0.39 is 5.82 Å². The van der Waals surface area contributed by atoms with Crippen molar-refractivity contribution in [3.05, 3.63) is 28.0 Å². The van der Waals surface area contributed by atoms with Gasteiger partial charge in [-0.15, -0.1) is 0 Å². The number of carbonyl (C=O) groups excluding carboxylic acids is 1. The van der Waals surface area contributed by atoms with E-state index in [-0.39, 0.29) is 34.1 Å². The maximum atomic E-state index is 13.8. The first kappa shape index (κ1) is 15.4. The zero-order valence-corrected chi connectivity index (χ0v) is 12.3. The highest BCUT2D eigenvalue weighted by Crippen LogP contribution is 2.26. The van der Waals surface area contributed by atoms with E-state index in [0.717, 1.165) is 0 Å². The van der Waals surface area contributed by atoms with Gasteiger partial charge in [-0.2, -0.15) is 5.26 Å². The SMILES string of the molecule is CC(C)NC(=O)CCNc1ccc(C#N)c(Br)c1F. The van der Waals surface area contributed by atoms with Crippen molar-refractivity contribution in [2.24, 2.45) is 0 Å². The van der Waals surface area contributed by atoms with Crippen LogP contribution in [0, 0.1) is 17.1 Å². The summed E-state index contributed by atoms with van der Waals surface area (Å²) in [6.45, 7) is 4.08. The molecule has 0 saturated carbocycles. The van der Waals surface area contributed by atoms with Crippen molar-refractivity contribution in [1.29, 1.82) is 5.26 Å². The van der Waals surface area contributed by atoms with Gasteiger partial charge in [0.15, 0.2) is 5.82 Å². The highest BCUT2D eigenvalue weighted by atomic mass is 79.9. The van der Waals surface area contributed by atoms with E-state index in [9.17, 15) is 9.18 Å². The van der Waals surface area contributed by atoms with Crippen molar-refractivity contribution in [2.45, 2.75) is 26.3 Å². The lowest BCUT2D eigenvalue weighted by Crippen LogP contribution is -2.31. The maximum absolute atomic E-state index is 13.8. The van der Waals surface area contributed by atoms with Gasteiger partial charge in [-0.1, -0.05) is 0 Å². The fourth-order valence-electron chi connectivity index (χ4n) is 1.48. The molecule has 19 heavy (non-hydrogen) atoms. The quantitative estimate of drug-likeness (QED) is 0.873. The van der Waals surface area contributed by atoms with Crippen molar-refractivity contribution in [2.75, 3.05) is 11.9 Å². The molecular formula is C13H15BrFN3O. The Hall–Kier alpha value is -1.61. The number of rotatable bonds is 5. The molecule has 0 aliphatic carbocycles. The highest BCUT2D eigenvalue weighted by molar-refractivity contribution is 9.10. The number of benzene rings is 1. The lowest BCUT2D eigenvalue weighted by molar-refractivity contribution is -0.121. The number of carbonyl (C=O) groups is 1. The molecule has 0 aromatic heterocycles. The molecule has 0 saturated heterocycles. The van der Waals surface area contributed by atoms with Gasteiger partial charge in [-0.25, -0.2) is 4.39 Å². The number of nitriles is 1. The number of halogens is 2. The van der Waals surface area contributed by atoms with Crippen LogP contribution in [0.1, 0.15) is 25.8 Å². The summed E-state index contributed by atoms with van der Waals surface area (Å²) in [5.74, 6) is -0.612. The van der Waals surface area contributed by atoms with E-state index in [2.05, 4.69) is 26.6 Å². The third kappa shape index (κ3) is 4.52. The molecule has 0 aliphatic rings. The van der Waals surface area contributed by atoms with Crippen LogP contribution in [0.4, 0.5) is 10.1 Å². The first-order chi connectivity index (χ1) is 8.95. The molecule has 1 aromatic carbocycles. The van der Waals surface area contributed by atoms with E-state index in [4.69, 9.17) is 5.26 Å². The number of nitrogens with one attached hydrogen (secondary N) is 2. The monoisotopic (exact) mass is 327 g/mol. The van der Waals surface area contributed by atoms with Crippen molar-refractivity contribution in [3.63, 3.8) is 0 Å². The molecule has 0 atom stereocenters. The van der Waals surface area contributed by atoms with E-state index in [1.54, 1.807) is 0 Å². The van der Waals surface area contributed by atoms with Gasteiger partial charge < -0.3 is 10.6 Å². The minimum absolute atomic E-state index is 0.0874. The molecule has 2 N–H and O–H groups in total. The summed E-state index contributed by atoms with van der Waals surface area (Å²) in [6, 6.07) is 4.97. The van der Waals surface area contributed by atoms with Gasteiger partial charge in [0.25, 0.3) is 0 Å². The van der Waals surface area contributed by atoms with Crippen molar-refractivity contribution in [1.82, 2.24) is 5.32 Å². The average molecular weight is 328 g/mol. The predicted molar refractivity (Wildman–Crippen MR) is 75.2 cm³/mol. The lowest BCUT2D eigenvalue weighted by Gasteiger charge is -2.11. The summed E-state index contributed by atoms with van der Waals surface area (Å²) in [5.41, 5.74) is 0.504. The predicted octanol–water partition coefficient (Wildman–Crippen LogP) is 2.79. The largest absolute Gasteiger partial charge is 0.382 e. The van der Waals surface area contributed by atoms with Crippen LogP contribution >= 0.6 is 15.9 Å². The Bertz CT molecular complexity index is 511. The Kier molecular flexibility index (Phi) is 5.77. The molecule has 0 unspecified atom stereocenters. The van der Waals surface area contributed by atoms with Crippen LogP contribution in [0.15, 0.2) is 16.6 Å². The van der Waals surface area contributed by atoms with Gasteiger partial charge in [0.1, 0.15) is 6.07 Å². The number of hydrogen-bond donors (Lipinski definition) is 2. The maximum Gasteiger partial charge on any atom is 0.221 e.